The monoisotopic (exact) mass is 258 g/mol. The van der Waals surface area contributed by atoms with Crippen molar-refractivity contribution in [1.29, 1.82) is 0 Å². The van der Waals surface area contributed by atoms with Crippen LogP contribution in [0.4, 0.5) is 0 Å². The predicted octanol–water partition coefficient (Wildman–Crippen LogP) is 2.67. The molecule has 0 saturated heterocycles. The number of benzene rings is 1. The summed E-state index contributed by atoms with van der Waals surface area (Å²) in [5, 5.41) is 9.19. The van der Waals surface area contributed by atoms with Gasteiger partial charge in [0.25, 0.3) is 0 Å². The Morgan fingerprint density at radius 3 is 2.78 bits per heavy atom. The fourth-order valence-corrected chi connectivity index (χ4v) is 2.99. The highest BCUT2D eigenvalue weighted by molar-refractivity contribution is 7.17. The number of hydrogen-bond acceptors (Lipinski definition) is 3. The summed E-state index contributed by atoms with van der Waals surface area (Å²) in [7, 11) is 0. The SMILES string of the molecule is OCc1cnc2sc(CCc3ccccc3)cn12. The molecule has 0 fully saturated rings. The molecule has 2 aromatic heterocycles. The van der Waals surface area contributed by atoms with E-state index in [-0.39, 0.29) is 6.61 Å². The van der Waals surface area contributed by atoms with Crippen molar-refractivity contribution in [2.75, 3.05) is 0 Å². The van der Waals surface area contributed by atoms with Gasteiger partial charge in [0.2, 0.25) is 0 Å². The number of aliphatic hydroxyl groups is 1. The third-order valence-corrected chi connectivity index (χ3v) is 4.06. The van der Waals surface area contributed by atoms with Gasteiger partial charge in [-0.1, -0.05) is 30.3 Å². The topological polar surface area (TPSA) is 37.5 Å². The zero-order valence-corrected chi connectivity index (χ0v) is 10.7. The third-order valence-electron chi connectivity index (χ3n) is 3.00. The van der Waals surface area contributed by atoms with Crippen molar-refractivity contribution in [3.8, 4) is 0 Å². The van der Waals surface area contributed by atoms with E-state index in [4.69, 9.17) is 0 Å². The highest BCUT2D eigenvalue weighted by Gasteiger charge is 2.07. The minimum atomic E-state index is 0.0377. The van der Waals surface area contributed by atoms with Gasteiger partial charge in [-0.3, -0.25) is 4.40 Å². The van der Waals surface area contributed by atoms with Gasteiger partial charge in [-0.25, -0.2) is 4.98 Å². The lowest BCUT2D eigenvalue weighted by Gasteiger charge is -1.98. The highest BCUT2D eigenvalue weighted by atomic mass is 32.1. The van der Waals surface area contributed by atoms with E-state index in [1.54, 1.807) is 17.5 Å². The summed E-state index contributed by atoms with van der Waals surface area (Å²) in [6.45, 7) is 0.0377. The van der Waals surface area contributed by atoms with Gasteiger partial charge in [-0.15, -0.1) is 11.3 Å². The Balaban J connectivity index is 1.77. The van der Waals surface area contributed by atoms with E-state index >= 15 is 0 Å². The van der Waals surface area contributed by atoms with E-state index in [2.05, 4.69) is 35.4 Å². The van der Waals surface area contributed by atoms with Gasteiger partial charge in [-0.2, -0.15) is 0 Å². The molecule has 1 N–H and O–H groups in total. The summed E-state index contributed by atoms with van der Waals surface area (Å²) >= 11 is 1.69. The second kappa shape index (κ2) is 4.92. The number of nitrogens with zero attached hydrogens (tertiary/aromatic N) is 2. The maximum atomic E-state index is 9.19. The maximum absolute atomic E-state index is 9.19. The van der Waals surface area contributed by atoms with Crippen LogP contribution in [0.1, 0.15) is 16.1 Å². The Bertz CT molecular complexity index is 642. The first-order chi connectivity index (χ1) is 8.86. The number of aromatic nitrogens is 2. The number of hydrogen-bond donors (Lipinski definition) is 1. The van der Waals surface area contributed by atoms with Crippen molar-refractivity contribution in [3.05, 3.63) is 58.9 Å². The van der Waals surface area contributed by atoms with E-state index in [9.17, 15) is 5.11 Å². The maximum Gasteiger partial charge on any atom is 0.194 e. The molecule has 0 aliphatic carbocycles. The Morgan fingerprint density at radius 2 is 2.00 bits per heavy atom. The molecule has 3 nitrogen and oxygen atoms in total. The Hall–Kier alpha value is -1.65. The largest absolute Gasteiger partial charge is 0.390 e. The summed E-state index contributed by atoms with van der Waals surface area (Å²) in [4.78, 5) is 6.55. The lowest BCUT2D eigenvalue weighted by atomic mass is 10.1. The molecule has 0 amide bonds. The van der Waals surface area contributed by atoms with Crippen molar-refractivity contribution in [2.24, 2.45) is 0 Å². The summed E-state index contributed by atoms with van der Waals surface area (Å²) < 4.78 is 1.98. The molecule has 0 saturated carbocycles. The molecule has 92 valence electrons. The predicted molar refractivity (Wildman–Crippen MR) is 72.8 cm³/mol. The lowest BCUT2D eigenvalue weighted by Crippen LogP contribution is -1.90. The van der Waals surface area contributed by atoms with Crippen LogP contribution in [0.2, 0.25) is 0 Å². The molecule has 18 heavy (non-hydrogen) atoms. The third kappa shape index (κ3) is 2.17. The zero-order valence-electron chi connectivity index (χ0n) is 9.91. The molecule has 3 aromatic rings. The van der Waals surface area contributed by atoms with Crippen molar-refractivity contribution in [2.45, 2.75) is 19.4 Å². The average molecular weight is 258 g/mol. The van der Waals surface area contributed by atoms with Crippen LogP contribution in [0.3, 0.4) is 0 Å². The quantitative estimate of drug-likeness (QED) is 0.781. The molecule has 0 aliphatic heterocycles. The number of aliphatic hydroxyl groups excluding tert-OH is 1. The van der Waals surface area contributed by atoms with Gasteiger partial charge in [0.15, 0.2) is 4.96 Å². The number of fused-ring (bicyclic) bond motifs is 1. The van der Waals surface area contributed by atoms with E-state index in [1.807, 2.05) is 10.5 Å². The average Bonchev–Trinajstić information content (AvgIpc) is 2.97. The van der Waals surface area contributed by atoms with Crippen molar-refractivity contribution >= 4 is 16.3 Å². The minimum Gasteiger partial charge on any atom is -0.390 e. The molecule has 1 aromatic carbocycles. The normalized spacial score (nSPS) is 11.2. The summed E-state index contributed by atoms with van der Waals surface area (Å²) in [5.74, 6) is 0. The second-order valence-corrected chi connectivity index (χ2v) is 5.34. The summed E-state index contributed by atoms with van der Waals surface area (Å²) in [5.41, 5.74) is 2.21. The molecule has 0 radical (unpaired) electrons. The first-order valence-electron chi connectivity index (χ1n) is 5.96. The van der Waals surface area contributed by atoms with E-state index in [0.29, 0.717) is 0 Å². The number of imidazole rings is 1. The van der Waals surface area contributed by atoms with Gasteiger partial charge >= 0.3 is 0 Å². The van der Waals surface area contributed by atoms with E-state index in [1.165, 1.54) is 10.4 Å². The standard InChI is InChI=1S/C14H14N2OS/c17-10-12-8-15-14-16(12)9-13(18-14)7-6-11-4-2-1-3-5-11/h1-5,8-9,17H,6-7,10H2. The van der Waals surface area contributed by atoms with Crippen LogP contribution in [0.25, 0.3) is 4.96 Å². The van der Waals surface area contributed by atoms with Crippen molar-refractivity contribution in [1.82, 2.24) is 9.38 Å². The molecular weight excluding hydrogens is 244 g/mol. The molecule has 0 unspecified atom stereocenters. The molecule has 0 spiro atoms. The van der Waals surface area contributed by atoms with Gasteiger partial charge < -0.3 is 5.11 Å². The fourth-order valence-electron chi connectivity index (χ4n) is 2.02. The van der Waals surface area contributed by atoms with Gasteiger partial charge in [0.05, 0.1) is 18.5 Å². The minimum absolute atomic E-state index is 0.0377. The molecule has 0 atom stereocenters. The van der Waals surface area contributed by atoms with Crippen LogP contribution in [0.5, 0.6) is 0 Å². The smallest absolute Gasteiger partial charge is 0.194 e. The van der Waals surface area contributed by atoms with E-state index in [0.717, 1.165) is 23.5 Å². The van der Waals surface area contributed by atoms with E-state index < -0.39 is 0 Å². The second-order valence-electron chi connectivity index (χ2n) is 4.24. The van der Waals surface area contributed by atoms with Crippen LogP contribution in [-0.4, -0.2) is 14.5 Å². The van der Waals surface area contributed by atoms with Gasteiger partial charge in [-0.05, 0) is 18.4 Å². The van der Waals surface area contributed by atoms with Gasteiger partial charge in [0.1, 0.15) is 0 Å². The van der Waals surface area contributed by atoms with Crippen molar-refractivity contribution in [3.63, 3.8) is 0 Å². The lowest BCUT2D eigenvalue weighted by molar-refractivity contribution is 0.276. The van der Waals surface area contributed by atoms with Crippen LogP contribution in [0.15, 0.2) is 42.7 Å². The van der Waals surface area contributed by atoms with Crippen LogP contribution < -0.4 is 0 Å². The summed E-state index contributed by atoms with van der Waals surface area (Å²) in [6, 6.07) is 10.5. The number of rotatable bonds is 4. The van der Waals surface area contributed by atoms with Crippen LogP contribution in [0, 0.1) is 0 Å². The first-order valence-corrected chi connectivity index (χ1v) is 6.78. The van der Waals surface area contributed by atoms with Crippen molar-refractivity contribution < 1.29 is 5.11 Å². The Kier molecular flexibility index (Phi) is 3.13. The number of aryl methyl sites for hydroxylation is 2. The molecular formula is C14H14N2OS. The Morgan fingerprint density at radius 1 is 1.17 bits per heavy atom. The molecule has 0 aliphatic rings. The van der Waals surface area contributed by atoms with Crippen LogP contribution in [-0.2, 0) is 19.4 Å². The molecule has 0 bridgehead atoms. The molecule has 2 heterocycles. The first kappa shape index (κ1) is 11.4. The molecule has 4 heteroatoms. The van der Waals surface area contributed by atoms with Gasteiger partial charge in [0, 0.05) is 11.1 Å². The highest BCUT2D eigenvalue weighted by Crippen LogP contribution is 2.20. The molecule has 3 rings (SSSR count). The zero-order chi connectivity index (χ0) is 12.4. The summed E-state index contributed by atoms with van der Waals surface area (Å²) in [6.07, 6.45) is 5.87. The van der Waals surface area contributed by atoms with Crippen LogP contribution >= 0.6 is 11.3 Å². The fraction of sp³-hybridized carbons (Fsp3) is 0.214. The Labute approximate surface area is 109 Å². The number of thiazole rings is 1.